The highest BCUT2D eigenvalue weighted by Crippen LogP contribution is 2.23. The zero-order chi connectivity index (χ0) is 13.1. The van der Waals surface area contributed by atoms with E-state index in [2.05, 4.69) is 28.7 Å². The van der Waals surface area contributed by atoms with Crippen molar-refractivity contribution in [3.63, 3.8) is 0 Å². The second-order valence-electron chi connectivity index (χ2n) is 5.10. The standard InChI is InChI=1S/C13H22N4O/c1-3-4-12-15-11(14)7-13(16-12)17-6-5-10(18)9(2)8-17/h7,9-10,18H,3-6,8H2,1-2H3,(H2,14,15,16). The van der Waals surface area contributed by atoms with Gasteiger partial charge in [-0.3, -0.25) is 0 Å². The first-order chi connectivity index (χ1) is 8.60. The molecule has 0 aromatic carbocycles. The summed E-state index contributed by atoms with van der Waals surface area (Å²) in [6, 6.07) is 1.82. The fourth-order valence-corrected chi connectivity index (χ4v) is 2.34. The van der Waals surface area contributed by atoms with E-state index in [1.807, 2.05) is 6.07 Å². The van der Waals surface area contributed by atoms with Crippen LogP contribution in [-0.4, -0.2) is 34.3 Å². The molecular weight excluding hydrogens is 228 g/mol. The van der Waals surface area contributed by atoms with Gasteiger partial charge in [-0.25, -0.2) is 9.97 Å². The van der Waals surface area contributed by atoms with Crippen molar-refractivity contribution in [3.05, 3.63) is 11.9 Å². The molecule has 0 spiro atoms. The Hall–Kier alpha value is -1.36. The van der Waals surface area contributed by atoms with E-state index >= 15 is 0 Å². The Morgan fingerprint density at radius 2 is 2.28 bits per heavy atom. The van der Waals surface area contributed by atoms with Crippen LogP contribution in [0.1, 0.15) is 32.5 Å². The number of aliphatic hydroxyl groups excluding tert-OH is 1. The van der Waals surface area contributed by atoms with Crippen molar-refractivity contribution >= 4 is 11.6 Å². The summed E-state index contributed by atoms with van der Waals surface area (Å²) in [7, 11) is 0. The summed E-state index contributed by atoms with van der Waals surface area (Å²) in [6.07, 6.45) is 2.45. The third kappa shape index (κ3) is 2.90. The highest BCUT2D eigenvalue weighted by Gasteiger charge is 2.25. The van der Waals surface area contributed by atoms with Gasteiger partial charge in [-0.1, -0.05) is 13.8 Å². The van der Waals surface area contributed by atoms with Crippen molar-refractivity contribution in [2.75, 3.05) is 23.7 Å². The number of nitrogens with zero attached hydrogens (tertiary/aromatic N) is 3. The SMILES string of the molecule is CCCc1nc(N)cc(N2CCC(O)C(C)C2)n1. The van der Waals surface area contributed by atoms with Crippen LogP contribution in [0, 0.1) is 5.92 Å². The summed E-state index contributed by atoms with van der Waals surface area (Å²) in [5.74, 6) is 2.50. The predicted octanol–water partition coefficient (Wildman–Crippen LogP) is 1.22. The van der Waals surface area contributed by atoms with Crippen molar-refractivity contribution in [2.24, 2.45) is 5.92 Å². The highest BCUT2D eigenvalue weighted by atomic mass is 16.3. The van der Waals surface area contributed by atoms with Gasteiger partial charge in [-0.05, 0) is 18.8 Å². The molecule has 1 fully saturated rings. The van der Waals surface area contributed by atoms with Crippen LogP contribution in [0.4, 0.5) is 11.6 Å². The van der Waals surface area contributed by atoms with Crippen molar-refractivity contribution < 1.29 is 5.11 Å². The van der Waals surface area contributed by atoms with E-state index in [0.29, 0.717) is 5.82 Å². The first kappa shape index (κ1) is 13.1. The lowest BCUT2D eigenvalue weighted by Gasteiger charge is -2.35. The molecule has 2 rings (SSSR count). The fraction of sp³-hybridized carbons (Fsp3) is 0.692. The summed E-state index contributed by atoms with van der Waals surface area (Å²) in [5.41, 5.74) is 5.83. The van der Waals surface area contributed by atoms with Crippen LogP contribution in [-0.2, 0) is 6.42 Å². The lowest BCUT2D eigenvalue weighted by Crippen LogP contribution is -2.42. The average molecular weight is 250 g/mol. The largest absolute Gasteiger partial charge is 0.393 e. The smallest absolute Gasteiger partial charge is 0.134 e. The lowest BCUT2D eigenvalue weighted by atomic mass is 9.97. The van der Waals surface area contributed by atoms with Gasteiger partial charge >= 0.3 is 0 Å². The van der Waals surface area contributed by atoms with Gasteiger partial charge in [0.25, 0.3) is 0 Å². The number of rotatable bonds is 3. The molecule has 0 aliphatic carbocycles. The molecule has 0 saturated carbocycles. The van der Waals surface area contributed by atoms with Gasteiger partial charge in [0.2, 0.25) is 0 Å². The van der Waals surface area contributed by atoms with Crippen LogP contribution in [0.5, 0.6) is 0 Å². The van der Waals surface area contributed by atoms with Crippen LogP contribution in [0.3, 0.4) is 0 Å². The minimum absolute atomic E-state index is 0.199. The number of aromatic nitrogens is 2. The molecule has 100 valence electrons. The molecule has 1 aliphatic rings. The molecule has 1 aliphatic heterocycles. The third-order valence-corrected chi connectivity index (χ3v) is 3.44. The maximum absolute atomic E-state index is 9.75. The monoisotopic (exact) mass is 250 g/mol. The summed E-state index contributed by atoms with van der Waals surface area (Å²) in [4.78, 5) is 11.0. The van der Waals surface area contributed by atoms with Crippen molar-refractivity contribution in [1.29, 1.82) is 0 Å². The molecule has 1 aromatic rings. The van der Waals surface area contributed by atoms with E-state index in [-0.39, 0.29) is 12.0 Å². The maximum Gasteiger partial charge on any atom is 0.134 e. The van der Waals surface area contributed by atoms with Crippen LogP contribution in [0.2, 0.25) is 0 Å². The van der Waals surface area contributed by atoms with Crippen molar-refractivity contribution in [3.8, 4) is 0 Å². The molecule has 2 heterocycles. The topological polar surface area (TPSA) is 75.3 Å². The minimum Gasteiger partial charge on any atom is -0.393 e. The Bertz CT molecular complexity index is 410. The number of nitrogen functional groups attached to an aromatic ring is 1. The van der Waals surface area contributed by atoms with Gasteiger partial charge in [0.15, 0.2) is 0 Å². The quantitative estimate of drug-likeness (QED) is 0.843. The van der Waals surface area contributed by atoms with Gasteiger partial charge in [-0.15, -0.1) is 0 Å². The van der Waals surface area contributed by atoms with Crippen LogP contribution in [0.25, 0.3) is 0 Å². The molecule has 0 amide bonds. The minimum atomic E-state index is -0.199. The molecule has 5 heteroatoms. The molecule has 2 atom stereocenters. The van der Waals surface area contributed by atoms with Gasteiger partial charge in [0, 0.05) is 25.6 Å². The number of anilines is 2. The fourth-order valence-electron chi connectivity index (χ4n) is 2.34. The first-order valence-electron chi connectivity index (χ1n) is 6.66. The van der Waals surface area contributed by atoms with Crippen LogP contribution >= 0.6 is 0 Å². The van der Waals surface area contributed by atoms with E-state index in [4.69, 9.17) is 5.73 Å². The van der Waals surface area contributed by atoms with Crippen LogP contribution in [0.15, 0.2) is 6.07 Å². The number of hydrogen-bond donors (Lipinski definition) is 2. The molecule has 1 aromatic heterocycles. The molecule has 2 unspecified atom stereocenters. The van der Waals surface area contributed by atoms with Crippen LogP contribution < -0.4 is 10.6 Å². The first-order valence-corrected chi connectivity index (χ1v) is 6.66. The van der Waals surface area contributed by atoms with Crippen molar-refractivity contribution in [2.45, 2.75) is 39.2 Å². The third-order valence-electron chi connectivity index (χ3n) is 3.44. The predicted molar refractivity (Wildman–Crippen MR) is 72.4 cm³/mol. The number of piperidine rings is 1. The van der Waals surface area contributed by atoms with Gasteiger partial charge in [-0.2, -0.15) is 0 Å². The van der Waals surface area contributed by atoms with Gasteiger partial charge in [0.05, 0.1) is 6.10 Å². The Morgan fingerprint density at radius 3 is 2.94 bits per heavy atom. The Balaban J connectivity index is 2.17. The second kappa shape index (κ2) is 5.52. The summed E-state index contributed by atoms with van der Waals surface area (Å²) in [6.45, 7) is 5.82. The number of nitrogens with two attached hydrogens (primary N) is 1. The zero-order valence-corrected chi connectivity index (χ0v) is 11.1. The van der Waals surface area contributed by atoms with Gasteiger partial charge < -0.3 is 15.7 Å². The maximum atomic E-state index is 9.75. The summed E-state index contributed by atoms with van der Waals surface area (Å²) < 4.78 is 0. The van der Waals surface area contributed by atoms with E-state index in [9.17, 15) is 5.11 Å². The molecular formula is C13H22N4O. The Kier molecular flexibility index (Phi) is 4.01. The summed E-state index contributed by atoms with van der Waals surface area (Å²) >= 11 is 0. The Morgan fingerprint density at radius 1 is 1.50 bits per heavy atom. The van der Waals surface area contributed by atoms with E-state index < -0.39 is 0 Å². The number of hydrogen-bond acceptors (Lipinski definition) is 5. The normalized spacial score (nSPS) is 24.3. The molecule has 1 saturated heterocycles. The number of aryl methyl sites for hydroxylation is 1. The average Bonchev–Trinajstić information content (AvgIpc) is 2.32. The molecule has 3 N–H and O–H groups in total. The van der Waals surface area contributed by atoms with E-state index in [0.717, 1.165) is 44.0 Å². The van der Waals surface area contributed by atoms with E-state index in [1.165, 1.54) is 0 Å². The highest BCUT2D eigenvalue weighted by molar-refractivity contribution is 5.47. The molecule has 0 bridgehead atoms. The molecule has 0 radical (unpaired) electrons. The van der Waals surface area contributed by atoms with Gasteiger partial charge in [0.1, 0.15) is 17.5 Å². The summed E-state index contributed by atoms with van der Waals surface area (Å²) in [5, 5.41) is 9.75. The van der Waals surface area contributed by atoms with E-state index in [1.54, 1.807) is 0 Å². The second-order valence-corrected chi connectivity index (χ2v) is 5.10. The zero-order valence-electron chi connectivity index (χ0n) is 11.1. The lowest BCUT2D eigenvalue weighted by molar-refractivity contribution is 0.0969. The molecule has 5 nitrogen and oxygen atoms in total. The molecule has 18 heavy (non-hydrogen) atoms. The van der Waals surface area contributed by atoms with Crippen molar-refractivity contribution in [1.82, 2.24) is 9.97 Å². The number of aliphatic hydroxyl groups is 1. The Labute approximate surface area is 108 Å².